The van der Waals surface area contributed by atoms with E-state index in [4.69, 9.17) is 0 Å². The highest BCUT2D eigenvalue weighted by atomic mass is 19.1. The first-order chi connectivity index (χ1) is 7.65. The summed E-state index contributed by atoms with van der Waals surface area (Å²) in [4.78, 5) is 0. The van der Waals surface area contributed by atoms with E-state index in [1.165, 1.54) is 6.07 Å². The van der Waals surface area contributed by atoms with Gasteiger partial charge in [-0.15, -0.1) is 0 Å². The molecule has 0 spiro atoms. The highest BCUT2D eigenvalue weighted by molar-refractivity contribution is 5.47. The number of aromatic nitrogens is 1. The van der Waals surface area contributed by atoms with Crippen molar-refractivity contribution in [1.82, 2.24) is 4.57 Å². The van der Waals surface area contributed by atoms with Gasteiger partial charge in [-0.05, 0) is 36.2 Å². The van der Waals surface area contributed by atoms with E-state index in [0.29, 0.717) is 12.2 Å². The Morgan fingerprint density at radius 3 is 2.81 bits per heavy atom. The van der Waals surface area contributed by atoms with Gasteiger partial charge < -0.3 is 9.88 Å². The fourth-order valence-electron chi connectivity index (χ4n) is 1.64. The summed E-state index contributed by atoms with van der Waals surface area (Å²) >= 11 is 0. The van der Waals surface area contributed by atoms with Crippen molar-refractivity contribution in [3.8, 4) is 0 Å². The maximum absolute atomic E-state index is 13.4. The van der Waals surface area contributed by atoms with Gasteiger partial charge >= 0.3 is 0 Å². The van der Waals surface area contributed by atoms with Crippen molar-refractivity contribution < 1.29 is 4.39 Å². The van der Waals surface area contributed by atoms with E-state index in [0.717, 1.165) is 11.1 Å². The molecule has 84 valence electrons. The standard InChI is InChI=1S/C13H15FN2/c1-10-3-4-12(14)13(7-10)15-8-11-5-6-16(2)9-11/h3-7,9,15H,8H2,1-2H3. The van der Waals surface area contributed by atoms with Crippen LogP contribution < -0.4 is 5.32 Å². The fraction of sp³-hybridized carbons (Fsp3) is 0.231. The highest BCUT2D eigenvalue weighted by Gasteiger charge is 2.02. The summed E-state index contributed by atoms with van der Waals surface area (Å²) in [6.07, 6.45) is 3.99. The number of hydrogen-bond acceptors (Lipinski definition) is 1. The monoisotopic (exact) mass is 218 g/mol. The van der Waals surface area contributed by atoms with Gasteiger partial charge in [0.05, 0.1) is 5.69 Å². The van der Waals surface area contributed by atoms with Gasteiger partial charge in [0.15, 0.2) is 0 Å². The SMILES string of the molecule is Cc1ccc(F)c(NCc2ccn(C)c2)c1. The van der Waals surface area contributed by atoms with Crippen LogP contribution in [-0.4, -0.2) is 4.57 Å². The third-order valence-corrected chi connectivity index (χ3v) is 2.50. The van der Waals surface area contributed by atoms with Crippen LogP contribution in [0.15, 0.2) is 36.7 Å². The Hall–Kier alpha value is -1.77. The molecule has 3 heteroatoms. The predicted octanol–water partition coefficient (Wildman–Crippen LogP) is 3.08. The molecular formula is C13H15FN2. The number of anilines is 1. The second-order valence-corrected chi connectivity index (χ2v) is 4.02. The Balaban J connectivity index is 2.07. The molecule has 0 saturated carbocycles. The van der Waals surface area contributed by atoms with Crippen LogP contribution in [0, 0.1) is 12.7 Å². The molecule has 2 aromatic rings. The molecule has 0 unspecified atom stereocenters. The van der Waals surface area contributed by atoms with Gasteiger partial charge in [-0.1, -0.05) is 6.07 Å². The first-order valence-corrected chi connectivity index (χ1v) is 5.26. The van der Waals surface area contributed by atoms with Gasteiger partial charge in [-0.3, -0.25) is 0 Å². The van der Waals surface area contributed by atoms with E-state index in [1.54, 1.807) is 6.07 Å². The molecule has 0 aliphatic heterocycles. The third-order valence-electron chi connectivity index (χ3n) is 2.50. The first-order valence-electron chi connectivity index (χ1n) is 5.26. The molecule has 0 fully saturated rings. The lowest BCUT2D eigenvalue weighted by Gasteiger charge is -2.07. The lowest BCUT2D eigenvalue weighted by molar-refractivity contribution is 0.629. The molecule has 0 atom stereocenters. The van der Waals surface area contributed by atoms with Crippen LogP contribution in [0.1, 0.15) is 11.1 Å². The van der Waals surface area contributed by atoms with Gasteiger partial charge in [-0.2, -0.15) is 0 Å². The molecule has 1 aromatic carbocycles. The maximum atomic E-state index is 13.4. The van der Waals surface area contributed by atoms with Crippen molar-refractivity contribution in [2.45, 2.75) is 13.5 Å². The zero-order chi connectivity index (χ0) is 11.5. The van der Waals surface area contributed by atoms with Crippen LogP contribution >= 0.6 is 0 Å². The van der Waals surface area contributed by atoms with Crippen LogP contribution in [-0.2, 0) is 13.6 Å². The molecule has 1 heterocycles. The number of benzene rings is 1. The molecule has 0 aliphatic carbocycles. The van der Waals surface area contributed by atoms with Crippen molar-refractivity contribution >= 4 is 5.69 Å². The van der Waals surface area contributed by atoms with E-state index in [1.807, 2.05) is 43.1 Å². The summed E-state index contributed by atoms with van der Waals surface area (Å²) in [6, 6.07) is 7.09. The van der Waals surface area contributed by atoms with E-state index >= 15 is 0 Å². The number of rotatable bonds is 3. The van der Waals surface area contributed by atoms with Crippen LogP contribution in [0.25, 0.3) is 0 Å². The normalized spacial score (nSPS) is 10.4. The molecular weight excluding hydrogens is 203 g/mol. The molecule has 0 saturated heterocycles. The molecule has 0 amide bonds. The minimum Gasteiger partial charge on any atom is -0.379 e. The second-order valence-electron chi connectivity index (χ2n) is 4.02. The van der Waals surface area contributed by atoms with E-state index in [-0.39, 0.29) is 5.82 Å². The Labute approximate surface area is 94.7 Å². The number of aryl methyl sites for hydroxylation is 2. The summed E-state index contributed by atoms with van der Waals surface area (Å²) in [5.41, 5.74) is 2.75. The zero-order valence-electron chi connectivity index (χ0n) is 9.50. The summed E-state index contributed by atoms with van der Waals surface area (Å²) < 4.78 is 15.4. The lowest BCUT2D eigenvalue weighted by Crippen LogP contribution is -2.01. The number of nitrogens with zero attached hydrogens (tertiary/aromatic N) is 1. The smallest absolute Gasteiger partial charge is 0.146 e. The van der Waals surface area contributed by atoms with E-state index < -0.39 is 0 Å². The summed E-state index contributed by atoms with van der Waals surface area (Å²) in [7, 11) is 1.97. The van der Waals surface area contributed by atoms with Gasteiger partial charge in [-0.25, -0.2) is 4.39 Å². The first kappa shape index (κ1) is 10.7. The molecule has 0 bridgehead atoms. The Bertz CT molecular complexity index is 488. The fourth-order valence-corrected chi connectivity index (χ4v) is 1.64. The minimum absolute atomic E-state index is 0.207. The van der Waals surface area contributed by atoms with Crippen LogP contribution in [0.2, 0.25) is 0 Å². The molecule has 1 aromatic heterocycles. The summed E-state index contributed by atoms with van der Waals surface area (Å²) in [5.74, 6) is -0.207. The van der Waals surface area contributed by atoms with Crippen LogP contribution in [0.4, 0.5) is 10.1 Å². The van der Waals surface area contributed by atoms with Gasteiger partial charge in [0.25, 0.3) is 0 Å². The predicted molar refractivity (Wildman–Crippen MR) is 63.9 cm³/mol. The molecule has 2 nitrogen and oxygen atoms in total. The van der Waals surface area contributed by atoms with Crippen molar-refractivity contribution in [1.29, 1.82) is 0 Å². The summed E-state index contributed by atoms with van der Waals surface area (Å²) in [6.45, 7) is 2.59. The van der Waals surface area contributed by atoms with E-state index in [2.05, 4.69) is 5.32 Å². The largest absolute Gasteiger partial charge is 0.379 e. The zero-order valence-corrected chi connectivity index (χ0v) is 9.50. The Morgan fingerprint density at radius 1 is 1.31 bits per heavy atom. The average molecular weight is 218 g/mol. The average Bonchev–Trinajstić information content (AvgIpc) is 2.66. The molecule has 0 aliphatic rings. The molecule has 2 rings (SSSR count). The van der Waals surface area contributed by atoms with Gasteiger partial charge in [0.1, 0.15) is 5.82 Å². The van der Waals surface area contributed by atoms with Crippen molar-refractivity contribution in [2.24, 2.45) is 7.05 Å². The molecule has 0 radical (unpaired) electrons. The van der Waals surface area contributed by atoms with Gasteiger partial charge in [0.2, 0.25) is 0 Å². The van der Waals surface area contributed by atoms with Crippen molar-refractivity contribution in [3.05, 3.63) is 53.6 Å². The topological polar surface area (TPSA) is 17.0 Å². The minimum atomic E-state index is -0.207. The van der Waals surface area contributed by atoms with Crippen LogP contribution in [0.5, 0.6) is 0 Å². The summed E-state index contributed by atoms with van der Waals surface area (Å²) in [5, 5.41) is 3.10. The Morgan fingerprint density at radius 2 is 2.12 bits per heavy atom. The van der Waals surface area contributed by atoms with Gasteiger partial charge in [0, 0.05) is 26.0 Å². The lowest BCUT2D eigenvalue weighted by atomic mass is 10.2. The third kappa shape index (κ3) is 2.42. The highest BCUT2D eigenvalue weighted by Crippen LogP contribution is 2.16. The number of hydrogen-bond donors (Lipinski definition) is 1. The van der Waals surface area contributed by atoms with Crippen molar-refractivity contribution in [3.63, 3.8) is 0 Å². The van der Waals surface area contributed by atoms with Crippen molar-refractivity contribution in [2.75, 3.05) is 5.32 Å². The second kappa shape index (κ2) is 4.39. The maximum Gasteiger partial charge on any atom is 0.146 e. The number of nitrogens with one attached hydrogen (secondary N) is 1. The van der Waals surface area contributed by atoms with Crippen LogP contribution in [0.3, 0.4) is 0 Å². The van der Waals surface area contributed by atoms with E-state index in [9.17, 15) is 4.39 Å². The number of halogens is 1. The molecule has 1 N–H and O–H groups in total. The Kier molecular flexibility index (Phi) is 2.95. The quantitative estimate of drug-likeness (QED) is 0.837. The molecule has 16 heavy (non-hydrogen) atoms.